The Hall–Kier alpha value is -2.04. The lowest BCUT2D eigenvalue weighted by atomic mass is 10.1. The third-order valence-electron chi connectivity index (χ3n) is 3.99. The molecule has 3 rings (SSSR count). The van der Waals surface area contributed by atoms with Gasteiger partial charge in [0.1, 0.15) is 4.32 Å². The molecule has 6 nitrogen and oxygen atoms in total. The van der Waals surface area contributed by atoms with Crippen molar-refractivity contribution in [3.63, 3.8) is 0 Å². The SMILES string of the molecule is O=C(CCCN1C(=O)/C(=C/c2cccs2)SC1=S)Nc1ccccc1C(O)O. The van der Waals surface area contributed by atoms with Crippen molar-refractivity contribution in [2.45, 2.75) is 19.1 Å². The number of aliphatic hydroxyl groups excluding tert-OH is 1. The van der Waals surface area contributed by atoms with Gasteiger partial charge in [-0.25, -0.2) is 0 Å². The highest BCUT2D eigenvalue weighted by molar-refractivity contribution is 8.26. The zero-order valence-corrected chi connectivity index (χ0v) is 17.1. The topological polar surface area (TPSA) is 89.9 Å². The van der Waals surface area contributed by atoms with Crippen LogP contribution in [0.2, 0.25) is 0 Å². The van der Waals surface area contributed by atoms with Gasteiger partial charge in [0.15, 0.2) is 6.29 Å². The zero-order chi connectivity index (χ0) is 20.1. The van der Waals surface area contributed by atoms with Gasteiger partial charge in [-0.15, -0.1) is 11.3 Å². The summed E-state index contributed by atoms with van der Waals surface area (Å²) in [7, 11) is 0. The molecule has 28 heavy (non-hydrogen) atoms. The molecule has 9 heteroatoms. The Morgan fingerprint density at radius 2 is 2.04 bits per heavy atom. The van der Waals surface area contributed by atoms with E-state index in [4.69, 9.17) is 12.2 Å². The Morgan fingerprint density at radius 3 is 2.75 bits per heavy atom. The molecule has 2 aromatic rings. The molecular weight excluding hydrogens is 416 g/mol. The highest BCUT2D eigenvalue weighted by atomic mass is 32.2. The van der Waals surface area contributed by atoms with Gasteiger partial charge in [0.05, 0.1) is 4.91 Å². The van der Waals surface area contributed by atoms with Crippen molar-refractivity contribution < 1.29 is 19.8 Å². The first-order valence-corrected chi connectivity index (χ1v) is 10.6. The van der Waals surface area contributed by atoms with Gasteiger partial charge in [-0.1, -0.05) is 48.2 Å². The third-order valence-corrected chi connectivity index (χ3v) is 6.19. The fourth-order valence-electron chi connectivity index (χ4n) is 2.64. The van der Waals surface area contributed by atoms with Gasteiger partial charge in [0, 0.05) is 29.1 Å². The second-order valence-corrected chi connectivity index (χ2v) is 8.62. The Balaban J connectivity index is 1.53. The molecule has 0 saturated carbocycles. The molecule has 0 unspecified atom stereocenters. The van der Waals surface area contributed by atoms with Crippen molar-refractivity contribution in [1.29, 1.82) is 0 Å². The first kappa shape index (κ1) is 20.7. The first-order chi connectivity index (χ1) is 13.5. The van der Waals surface area contributed by atoms with Crippen molar-refractivity contribution >= 4 is 63.2 Å². The Labute approximate surface area is 175 Å². The van der Waals surface area contributed by atoms with Crippen LogP contribution in [0.15, 0.2) is 46.7 Å². The predicted molar refractivity (Wildman–Crippen MR) is 116 cm³/mol. The summed E-state index contributed by atoms with van der Waals surface area (Å²) in [6.45, 7) is 0.351. The second kappa shape index (κ2) is 9.44. The molecule has 2 amide bonds. The number of hydrogen-bond acceptors (Lipinski definition) is 7. The third kappa shape index (κ3) is 5.06. The van der Waals surface area contributed by atoms with E-state index in [0.717, 1.165) is 4.88 Å². The lowest BCUT2D eigenvalue weighted by molar-refractivity contribution is -0.122. The zero-order valence-electron chi connectivity index (χ0n) is 14.7. The molecule has 1 aliphatic heterocycles. The number of hydrogen-bond donors (Lipinski definition) is 3. The molecule has 0 aliphatic carbocycles. The number of nitrogens with one attached hydrogen (secondary N) is 1. The maximum absolute atomic E-state index is 12.5. The van der Waals surface area contributed by atoms with Gasteiger partial charge in [0.2, 0.25) is 5.91 Å². The lowest BCUT2D eigenvalue weighted by Crippen LogP contribution is -2.29. The standard InChI is InChI=1S/C19H18N2O4S3/c22-16(20-14-7-2-1-6-13(14)18(24)25)8-3-9-21-17(23)15(28-19(21)26)11-12-5-4-10-27-12/h1-2,4-7,10-11,18,24-25H,3,8-9H2,(H,20,22)/b15-11-. The quantitative estimate of drug-likeness (QED) is 0.352. The molecule has 0 atom stereocenters. The van der Waals surface area contributed by atoms with Gasteiger partial charge in [-0.3, -0.25) is 14.5 Å². The van der Waals surface area contributed by atoms with Gasteiger partial charge < -0.3 is 15.5 Å². The number of nitrogens with zero attached hydrogens (tertiary/aromatic N) is 1. The summed E-state index contributed by atoms with van der Waals surface area (Å²) in [4.78, 5) is 27.8. The van der Waals surface area contributed by atoms with Crippen molar-refractivity contribution in [3.05, 3.63) is 57.1 Å². The summed E-state index contributed by atoms with van der Waals surface area (Å²) in [5.41, 5.74) is 0.582. The van der Waals surface area contributed by atoms with Gasteiger partial charge >= 0.3 is 0 Å². The minimum atomic E-state index is -1.67. The Kier molecular flexibility index (Phi) is 6.97. The molecule has 0 bridgehead atoms. The number of para-hydroxylation sites is 1. The van der Waals surface area contributed by atoms with Crippen molar-refractivity contribution in [2.24, 2.45) is 0 Å². The molecule has 0 radical (unpaired) electrons. The molecule has 0 spiro atoms. The number of thioether (sulfide) groups is 1. The fraction of sp³-hybridized carbons (Fsp3) is 0.211. The maximum Gasteiger partial charge on any atom is 0.266 e. The van der Waals surface area contributed by atoms with E-state index in [9.17, 15) is 19.8 Å². The number of thiophene rings is 1. The van der Waals surface area contributed by atoms with Crippen LogP contribution < -0.4 is 5.32 Å². The Bertz CT molecular complexity index is 910. The molecule has 2 heterocycles. The molecule has 1 aromatic carbocycles. The molecule has 1 aliphatic rings. The van der Waals surface area contributed by atoms with E-state index in [2.05, 4.69) is 5.32 Å². The number of amides is 2. The number of thiocarbonyl (C=S) groups is 1. The van der Waals surface area contributed by atoms with Crippen LogP contribution in [0.4, 0.5) is 5.69 Å². The average Bonchev–Trinajstić information content (AvgIpc) is 3.26. The van der Waals surface area contributed by atoms with E-state index < -0.39 is 6.29 Å². The molecule has 1 aromatic heterocycles. The Morgan fingerprint density at radius 1 is 1.25 bits per heavy atom. The van der Waals surface area contributed by atoms with Gasteiger partial charge in [-0.2, -0.15) is 0 Å². The van der Waals surface area contributed by atoms with E-state index in [0.29, 0.717) is 27.9 Å². The summed E-state index contributed by atoms with van der Waals surface area (Å²) in [6, 6.07) is 10.3. The minimum Gasteiger partial charge on any atom is -0.364 e. The highest BCUT2D eigenvalue weighted by Crippen LogP contribution is 2.33. The monoisotopic (exact) mass is 434 g/mol. The van der Waals surface area contributed by atoms with E-state index >= 15 is 0 Å². The summed E-state index contributed by atoms with van der Waals surface area (Å²) in [6.07, 6.45) is 0.778. The van der Waals surface area contributed by atoms with Crippen LogP contribution in [0.25, 0.3) is 6.08 Å². The van der Waals surface area contributed by atoms with Crippen LogP contribution in [-0.2, 0) is 9.59 Å². The molecule has 3 N–H and O–H groups in total. The highest BCUT2D eigenvalue weighted by Gasteiger charge is 2.31. The predicted octanol–water partition coefficient (Wildman–Crippen LogP) is 3.35. The van der Waals surface area contributed by atoms with Crippen LogP contribution in [0.5, 0.6) is 0 Å². The second-order valence-electron chi connectivity index (χ2n) is 5.96. The number of rotatable bonds is 7. The number of aliphatic hydroxyl groups is 2. The smallest absolute Gasteiger partial charge is 0.266 e. The fourth-order valence-corrected chi connectivity index (χ4v) is 4.67. The normalized spacial score (nSPS) is 15.7. The summed E-state index contributed by atoms with van der Waals surface area (Å²) in [5.74, 6) is -0.412. The largest absolute Gasteiger partial charge is 0.364 e. The van der Waals surface area contributed by atoms with Crippen LogP contribution in [0.1, 0.15) is 29.6 Å². The van der Waals surface area contributed by atoms with E-state index in [1.165, 1.54) is 22.7 Å². The number of anilines is 1. The van der Waals surface area contributed by atoms with Crippen LogP contribution >= 0.6 is 35.3 Å². The van der Waals surface area contributed by atoms with Crippen molar-refractivity contribution in [2.75, 3.05) is 11.9 Å². The maximum atomic E-state index is 12.5. The van der Waals surface area contributed by atoms with E-state index in [-0.39, 0.29) is 23.8 Å². The average molecular weight is 435 g/mol. The van der Waals surface area contributed by atoms with Crippen LogP contribution in [-0.4, -0.2) is 37.8 Å². The summed E-state index contributed by atoms with van der Waals surface area (Å²) < 4.78 is 0.488. The van der Waals surface area contributed by atoms with Crippen molar-refractivity contribution in [1.82, 2.24) is 4.90 Å². The molecule has 146 valence electrons. The van der Waals surface area contributed by atoms with Gasteiger partial charge in [-0.05, 0) is 30.0 Å². The number of carbonyl (C=O) groups is 2. The summed E-state index contributed by atoms with van der Waals surface area (Å²) in [5, 5.41) is 23.3. The lowest BCUT2D eigenvalue weighted by Gasteiger charge is -2.15. The van der Waals surface area contributed by atoms with Crippen LogP contribution in [0.3, 0.4) is 0 Å². The van der Waals surface area contributed by atoms with E-state index in [1.807, 2.05) is 23.6 Å². The first-order valence-electron chi connectivity index (χ1n) is 8.49. The van der Waals surface area contributed by atoms with Gasteiger partial charge in [0.25, 0.3) is 5.91 Å². The molecule has 1 saturated heterocycles. The van der Waals surface area contributed by atoms with Crippen molar-refractivity contribution in [3.8, 4) is 0 Å². The molecular formula is C19H18N2O4S3. The minimum absolute atomic E-state index is 0.141. The summed E-state index contributed by atoms with van der Waals surface area (Å²) >= 11 is 8.11. The number of benzene rings is 1. The van der Waals surface area contributed by atoms with E-state index in [1.54, 1.807) is 29.5 Å². The molecule has 1 fully saturated rings. The van der Waals surface area contributed by atoms with Crippen LogP contribution in [0, 0.1) is 0 Å². The number of carbonyl (C=O) groups excluding carboxylic acids is 2.